The number of carbonyl (C=O) groups excluding carboxylic acids is 1. The third-order valence-electron chi connectivity index (χ3n) is 5.91. The highest BCUT2D eigenvalue weighted by molar-refractivity contribution is 5.85. The maximum Gasteiger partial charge on any atom is 0.410 e. The Labute approximate surface area is 170 Å². The Morgan fingerprint density at radius 1 is 1.14 bits per heavy atom. The summed E-state index contributed by atoms with van der Waals surface area (Å²) in [5, 5.41) is 9.62. The molecule has 0 saturated carbocycles. The number of aromatic carboxylic acids is 1. The van der Waals surface area contributed by atoms with Gasteiger partial charge in [0.05, 0.1) is 11.6 Å². The minimum Gasteiger partial charge on any atom is -0.477 e. The van der Waals surface area contributed by atoms with Crippen molar-refractivity contribution in [2.24, 2.45) is 0 Å². The molecule has 1 aromatic carbocycles. The number of carbonyl (C=O) groups is 2. The third kappa shape index (κ3) is 3.39. The van der Waals surface area contributed by atoms with Crippen LogP contribution in [0, 0.1) is 0 Å². The molecule has 0 radical (unpaired) electrons. The van der Waals surface area contributed by atoms with Gasteiger partial charge in [-0.05, 0) is 51.2 Å². The lowest BCUT2D eigenvalue weighted by Crippen LogP contribution is -2.48. The fourth-order valence-electron chi connectivity index (χ4n) is 4.60. The standard InChI is InChI=1S/C22H27N3O4/c1-21(2,3)29-20(28)24-12-9-22(10-13-24)16-7-5-4-6-15(16)8-11-25-17(18(26)27)14-23-19(22)25/h4-7,14H,8-13H2,1-3H3,(H,26,27). The van der Waals surface area contributed by atoms with Crippen LogP contribution in [0.1, 0.15) is 61.1 Å². The highest BCUT2D eigenvalue weighted by Crippen LogP contribution is 2.44. The van der Waals surface area contributed by atoms with Crippen molar-refractivity contribution >= 4 is 12.1 Å². The van der Waals surface area contributed by atoms with Gasteiger partial charge < -0.3 is 19.3 Å². The first-order valence-corrected chi connectivity index (χ1v) is 10.1. The number of aryl methyl sites for hydroxylation is 1. The van der Waals surface area contributed by atoms with Crippen molar-refractivity contribution < 1.29 is 19.4 Å². The summed E-state index contributed by atoms with van der Waals surface area (Å²) in [6.45, 7) is 7.26. The van der Waals surface area contributed by atoms with E-state index in [2.05, 4.69) is 17.1 Å². The lowest BCUT2D eigenvalue weighted by molar-refractivity contribution is 0.0176. The third-order valence-corrected chi connectivity index (χ3v) is 5.91. The van der Waals surface area contributed by atoms with Crippen LogP contribution in [0.15, 0.2) is 30.5 Å². The number of fused-ring (bicyclic) bond motifs is 4. The van der Waals surface area contributed by atoms with Crippen molar-refractivity contribution in [1.29, 1.82) is 0 Å². The summed E-state index contributed by atoms with van der Waals surface area (Å²) in [6, 6.07) is 8.29. The van der Waals surface area contributed by atoms with Crippen molar-refractivity contribution in [2.45, 2.75) is 57.6 Å². The molecule has 154 valence electrons. The normalized spacial score (nSPS) is 18.0. The summed E-state index contributed by atoms with van der Waals surface area (Å²) in [7, 11) is 0. The Kier molecular flexibility index (Phi) is 4.63. The van der Waals surface area contributed by atoms with Gasteiger partial charge in [-0.3, -0.25) is 0 Å². The zero-order valence-corrected chi connectivity index (χ0v) is 17.1. The minimum absolute atomic E-state index is 0.224. The molecule has 1 aromatic heterocycles. The number of aromatic nitrogens is 2. The van der Waals surface area contributed by atoms with E-state index in [1.807, 2.05) is 37.5 Å². The van der Waals surface area contributed by atoms with Crippen molar-refractivity contribution in [3.8, 4) is 0 Å². The van der Waals surface area contributed by atoms with Gasteiger partial charge in [-0.15, -0.1) is 0 Å². The smallest absolute Gasteiger partial charge is 0.410 e. The quantitative estimate of drug-likeness (QED) is 0.797. The van der Waals surface area contributed by atoms with Crippen LogP contribution in [0.3, 0.4) is 0 Å². The van der Waals surface area contributed by atoms with Gasteiger partial charge in [0.25, 0.3) is 0 Å². The molecule has 0 aliphatic carbocycles. The molecular weight excluding hydrogens is 370 g/mol. The van der Waals surface area contributed by atoms with Gasteiger partial charge in [0.2, 0.25) is 0 Å². The molecule has 3 heterocycles. The van der Waals surface area contributed by atoms with E-state index in [1.165, 1.54) is 17.3 Å². The van der Waals surface area contributed by atoms with E-state index < -0.39 is 17.0 Å². The molecule has 2 aromatic rings. The van der Waals surface area contributed by atoms with Crippen LogP contribution in [-0.4, -0.2) is 50.3 Å². The first-order valence-electron chi connectivity index (χ1n) is 10.1. The van der Waals surface area contributed by atoms with Crippen molar-refractivity contribution in [1.82, 2.24) is 14.5 Å². The van der Waals surface area contributed by atoms with E-state index in [9.17, 15) is 14.7 Å². The summed E-state index contributed by atoms with van der Waals surface area (Å²) in [5.41, 5.74) is 1.71. The molecule has 0 atom stereocenters. The van der Waals surface area contributed by atoms with Crippen LogP contribution in [0.4, 0.5) is 4.79 Å². The Morgan fingerprint density at radius 2 is 1.83 bits per heavy atom. The monoisotopic (exact) mass is 397 g/mol. The van der Waals surface area contributed by atoms with E-state index in [4.69, 9.17) is 4.74 Å². The van der Waals surface area contributed by atoms with Crippen molar-refractivity contribution in [3.05, 3.63) is 53.1 Å². The van der Waals surface area contributed by atoms with Gasteiger partial charge in [-0.1, -0.05) is 24.3 Å². The molecule has 1 spiro atoms. The van der Waals surface area contributed by atoms with Crippen LogP contribution in [0.5, 0.6) is 0 Å². The molecule has 4 rings (SSSR count). The summed E-state index contributed by atoms with van der Waals surface area (Å²) in [6.07, 6.45) is 3.28. The molecule has 0 bridgehead atoms. The molecule has 1 fully saturated rings. The average molecular weight is 397 g/mol. The lowest BCUT2D eigenvalue weighted by Gasteiger charge is -2.42. The molecule has 2 aliphatic rings. The van der Waals surface area contributed by atoms with Crippen LogP contribution >= 0.6 is 0 Å². The lowest BCUT2D eigenvalue weighted by atomic mass is 9.70. The number of carboxylic acid groups (broad SMARTS) is 1. The summed E-state index contributed by atoms with van der Waals surface area (Å²) >= 11 is 0. The number of hydrogen-bond acceptors (Lipinski definition) is 4. The highest BCUT2D eigenvalue weighted by Gasteiger charge is 2.45. The zero-order valence-electron chi connectivity index (χ0n) is 17.1. The maximum atomic E-state index is 12.5. The predicted molar refractivity (Wildman–Crippen MR) is 107 cm³/mol. The second-order valence-corrected chi connectivity index (χ2v) is 8.88. The Morgan fingerprint density at radius 3 is 2.48 bits per heavy atom. The number of rotatable bonds is 1. The van der Waals surface area contributed by atoms with Gasteiger partial charge in [0.1, 0.15) is 17.1 Å². The second-order valence-electron chi connectivity index (χ2n) is 8.88. The van der Waals surface area contributed by atoms with E-state index >= 15 is 0 Å². The van der Waals surface area contributed by atoms with Crippen LogP contribution < -0.4 is 0 Å². The van der Waals surface area contributed by atoms with Crippen LogP contribution in [0.25, 0.3) is 0 Å². The fourth-order valence-corrected chi connectivity index (χ4v) is 4.60. The number of ether oxygens (including phenoxy) is 1. The van der Waals surface area contributed by atoms with E-state index in [0.717, 1.165) is 12.2 Å². The zero-order chi connectivity index (χ0) is 20.8. The number of hydrogen-bond donors (Lipinski definition) is 1. The van der Waals surface area contributed by atoms with Crippen molar-refractivity contribution in [2.75, 3.05) is 13.1 Å². The van der Waals surface area contributed by atoms with E-state index in [-0.39, 0.29) is 11.8 Å². The maximum absolute atomic E-state index is 12.5. The van der Waals surface area contributed by atoms with Crippen LogP contribution in [0.2, 0.25) is 0 Å². The first kappa shape index (κ1) is 19.5. The number of amides is 1. The number of likely N-dealkylation sites (tertiary alicyclic amines) is 1. The molecule has 2 aliphatic heterocycles. The average Bonchev–Trinajstić information content (AvgIpc) is 3.05. The topological polar surface area (TPSA) is 84.7 Å². The van der Waals surface area contributed by atoms with Gasteiger partial charge >= 0.3 is 12.1 Å². The second kappa shape index (κ2) is 6.90. The summed E-state index contributed by atoms with van der Waals surface area (Å²) in [4.78, 5) is 30.6. The highest BCUT2D eigenvalue weighted by atomic mass is 16.6. The van der Waals surface area contributed by atoms with Gasteiger partial charge in [-0.25, -0.2) is 14.6 Å². The first-order chi connectivity index (χ1) is 13.7. The van der Waals surface area contributed by atoms with E-state index in [1.54, 1.807) is 4.90 Å². The number of imidazole rings is 1. The van der Waals surface area contributed by atoms with Gasteiger partial charge in [0.15, 0.2) is 0 Å². The molecule has 1 amide bonds. The molecule has 29 heavy (non-hydrogen) atoms. The minimum atomic E-state index is -0.962. The molecule has 7 heteroatoms. The Hall–Kier alpha value is -2.83. The van der Waals surface area contributed by atoms with Crippen molar-refractivity contribution in [3.63, 3.8) is 0 Å². The molecule has 0 unspecified atom stereocenters. The summed E-state index contributed by atoms with van der Waals surface area (Å²) < 4.78 is 7.39. The molecular formula is C22H27N3O4. The number of nitrogens with zero attached hydrogens (tertiary/aromatic N) is 3. The van der Waals surface area contributed by atoms with E-state index in [0.29, 0.717) is 32.5 Å². The largest absolute Gasteiger partial charge is 0.477 e. The Bertz CT molecular complexity index is 949. The van der Waals surface area contributed by atoms with Gasteiger partial charge in [-0.2, -0.15) is 0 Å². The summed E-state index contributed by atoms with van der Waals surface area (Å²) in [5.74, 6) is -0.167. The molecule has 1 N–H and O–H groups in total. The number of benzene rings is 1. The van der Waals surface area contributed by atoms with Gasteiger partial charge in [0, 0.05) is 19.6 Å². The number of carboxylic acids is 1. The predicted octanol–water partition coefficient (Wildman–Crippen LogP) is 3.45. The molecule has 7 nitrogen and oxygen atoms in total. The molecule has 1 saturated heterocycles. The number of piperidine rings is 1. The Balaban J connectivity index is 1.72. The fraction of sp³-hybridized carbons (Fsp3) is 0.500. The van der Waals surface area contributed by atoms with Crippen LogP contribution in [-0.2, 0) is 23.1 Å². The SMILES string of the molecule is CC(C)(C)OC(=O)N1CCC2(CC1)c1ccccc1CCn1c(C(=O)O)cnc12.